The first-order chi connectivity index (χ1) is 10.5. The highest BCUT2D eigenvalue weighted by Gasteiger charge is 2.20. The molecule has 0 saturated carbocycles. The van der Waals surface area contributed by atoms with Gasteiger partial charge in [0.2, 0.25) is 10.0 Å². The number of sulfonamides is 1. The summed E-state index contributed by atoms with van der Waals surface area (Å²) in [6.45, 7) is 5.90. The van der Waals surface area contributed by atoms with Crippen LogP contribution in [0.25, 0.3) is 0 Å². The Labute approximate surface area is 131 Å². The fourth-order valence-electron chi connectivity index (χ4n) is 2.39. The molecule has 0 amide bonds. The third kappa shape index (κ3) is 4.52. The van der Waals surface area contributed by atoms with Gasteiger partial charge in [0.05, 0.1) is 29.2 Å². The Morgan fingerprint density at radius 1 is 1.41 bits per heavy atom. The standard InChI is InChI=1S/C15H21N3O3S/c1-2-18-9-10-21-14(12-18)7-8-17-22(19,20)15-5-3-13(11-16)4-6-15/h3-6,14,17H,2,7-10,12H2,1H3. The summed E-state index contributed by atoms with van der Waals surface area (Å²) < 4.78 is 32.5. The second kappa shape index (κ2) is 7.70. The van der Waals surface area contributed by atoms with Gasteiger partial charge in [-0.1, -0.05) is 6.92 Å². The van der Waals surface area contributed by atoms with E-state index in [9.17, 15) is 8.42 Å². The number of nitrogens with zero attached hydrogens (tertiary/aromatic N) is 2. The number of benzene rings is 1. The molecule has 1 saturated heterocycles. The topological polar surface area (TPSA) is 82.4 Å². The van der Waals surface area contributed by atoms with E-state index in [-0.39, 0.29) is 11.0 Å². The first kappa shape index (κ1) is 16.9. The Morgan fingerprint density at radius 3 is 2.77 bits per heavy atom. The van der Waals surface area contributed by atoms with Gasteiger partial charge in [-0.15, -0.1) is 0 Å². The number of morpholine rings is 1. The molecular formula is C15H21N3O3S. The third-order valence-corrected chi connectivity index (χ3v) is 5.20. The van der Waals surface area contributed by atoms with Crippen molar-refractivity contribution in [3.05, 3.63) is 29.8 Å². The highest BCUT2D eigenvalue weighted by molar-refractivity contribution is 7.89. The second-order valence-corrected chi connectivity index (χ2v) is 6.98. The van der Waals surface area contributed by atoms with Gasteiger partial charge >= 0.3 is 0 Å². The third-order valence-electron chi connectivity index (χ3n) is 3.72. The Balaban J connectivity index is 1.86. The minimum atomic E-state index is -3.53. The molecule has 0 aromatic heterocycles. The minimum Gasteiger partial charge on any atom is -0.376 e. The first-order valence-electron chi connectivity index (χ1n) is 7.39. The normalized spacial score (nSPS) is 19.7. The van der Waals surface area contributed by atoms with Crippen molar-refractivity contribution in [2.75, 3.05) is 32.8 Å². The van der Waals surface area contributed by atoms with Gasteiger partial charge in [-0.25, -0.2) is 13.1 Å². The molecule has 1 unspecified atom stereocenters. The molecule has 2 rings (SSSR count). The predicted octanol–water partition coefficient (Wildman–Crippen LogP) is 0.947. The summed E-state index contributed by atoms with van der Waals surface area (Å²) >= 11 is 0. The maximum atomic E-state index is 12.1. The highest BCUT2D eigenvalue weighted by atomic mass is 32.2. The van der Waals surface area contributed by atoms with E-state index in [1.165, 1.54) is 24.3 Å². The summed E-state index contributed by atoms with van der Waals surface area (Å²) in [5, 5.41) is 8.73. The van der Waals surface area contributed by atoms with E-state index < -0.39 is 10.0 Å². The fraction of sp³-hybridized carbons (Fsp3) is 0.533. The Hall–Kier alpha value is -1.46. The van der Waals surface area contributed by atoms with E-state index >= 15 is 0 Å². The molecule has 1 atom stereocenters. The van der Waals surface area contributed by atoms with Crippen molar-refractivity contribution in [2.45, 2.75) is 24.3 Å². The molecular weight excluding hydrogens is 302 g/mol. The lowest BCUT2D eigenvalue weighted by molar-refractivity contribution is -0.0292. The summed E-state index contributed by atoms with van der Waals surface area (Å²) in [7, 11) is -3.53. The minimum absolute atomic E-state index is 0.0670. The molecule has 1 aromatic rings. The molecule has 1 aromatic carbocycles. The van der Waals surface area contributed by atoms with Crippen molar-refractivity contribution in [3.8, 4) is 6.07 Å². The van der Waals surface area contributed by atoms with E-state index in [1.54, 1.807) is 0 Å². The van der Waals surface area contributed by atoms with Crippen molar-refractivity contribution in [3.63, 3.8) is 0 Å². The Morgan fingerprint density at radius 2 is 2.14 bits per heavy atom. The molecule has 1 aliphatic heterocycles. The van der Waals surface area contributed by atoms with Crippen molar-refractivity contribution in [1.82, 2.24) is 9.62 Å². The molecule has 120 valence electrons. The maximum Gasteiger partial charge on any atom is 0.240 e. The van der Waals surface area contributed by atoms with E-state index in [4.69, 9.17) is 10.00 Å². The summed E-state index contributed by atoms with van der Waals surface area (Å²) in [5.41, 5.74) is 0.439. The Kier molecular flexibility index (Phi) is 5.91. The molecule has 1 fully saturated rings. The first-order valence-corrected chi connectivity index (χ1v) is 8.87. The lowest BCUT2D eigenvalue weighted by atomic mass is 10.2. The van der Waals surface area contributed by atoms with E-state index in [1.807, 2.05) is 6.07 Å². The van der Waals surface area contributed by atoms with Gasteiger partial charge in [0.25, 0.3) is 0 Å². The quantitative estimate of drug-likeness (QED) is 0.843. The Bertz CT molecular complexity index is 622. The summed E-state index contributed by atoms with van der Waals surface area (Å²) in [6, 6.07) is 7.84. The largest absolute Gasteiger partial charge is 0.376 e. The lowest BCUT2D eigenvalue weighted by Gasteiger charge is -2.32. The van der Waals surface area contributed by atoms with Gasteiger partial charge in [-0.3, -0.25) is 4.90 Å². The van der Waals surface area contributed by atoms with Crippen molar-refractivity contribution < 1.29 is 13.2 Å². The van der Waals surface area contributed by atoms with Crippen LogP contribution >= 0.6 is 0 Å². The van der Waals surface area contributed by atoms with Crippen molar-refractivity contribution >= 4 is 10.0 Å². The fourth-order valence-corrected chi connectivity index (χ4v) is 3.44. The average Bonchev–Trinajstić information content (AvgIpc) is 2.55. The zero-order chi connectivity index (χ0) is 16.0. The van der Waals surface area contributed by atoms with Crippen LogP contribution in [-0.2, 0) is 14.8 Å². The molecule has 22 heavy (non-hydrogen) atoms. The van der Waals surface area contributed by atoms with Crippen LogP contribution in [0.15, 0.2) is 29.2 Å². The van der Waals surface area contributed by atoms with Gasteiger partial charge in [0.15, 0.2) is 0 Å². The van der Waals surface area contributed by atoms with Gasteiger partial charge in [-0.05, 0) is 37.2 Å². The van der Waals surface area contributed by atoms with Gasteiger partial charge in [0, 0.05) is 19.6 Å². The van der Waals surface area contributed by atoms with Crippen LogP contribution in [0.2, 0.25) is 0 Å². The van der Waals surface area contributed by atoms with Gasteiger partial charge in [0.1, 0.15) is 0 Å². The SMILES string of the molecule is CCN1CCOC(CCNS(=O)(=O)c2ccc(C#N)cc2)C1. The molecule has 0 aliphatic carbocycles. The van der Waals surface area contributed by atoms with Crippen LogP contribution < -0.4 is 4.72 Å². The lowest BCUT2D eigenvalue weighted by Crippen LogP contribution is -2.43. The summed E-state index contributed by atoms with van der Waals surface area (Å²) in [4.78, 5) is 2.47. The van der Waals surface area contributed by atoms with Crippen LogP contribution in [0.4, 0.5) is 0 Å². The number of rotatable bonds is 6. The van der Waals surface area contributed by atoms with E-state index in [0.717, 1.165) is 19.6 Å². The average molecular weight is 323 g/mol. The highest BCUT2D eigenvalue weighted by Crippen LogP contribution is 2.11. The van der Waals surface area contributed by atoms with Crippen LogP contribution in [-0.4, -0.2) is 52.2 Å². The van der Waals surface area contributed by atoms with Gasteiger partial charge < -0.3 is 4.74 Å². The van der Waals surface area contributed by atoms with E-state index in [0.29, 0.717) is 25.1 Å². The zero-order valence-electron chi connectivity index (χ0n) is 12.7. The molecule has 0 bridgehead atoms. The molecule has 1 aliphatic rings. The molecule has 7 heteroatoms. The number of nitriles is 1. The maximum absolute atomic E-state index is 12.1. The van der Waals surface area contributed by atoms with Crippen molar-refractivity contribution in [1.29, 1.82) is 5.26 Å². The monoisotopic (exact) mass is 323 g/mol. The van der Waals surface area contributed by atoms with Gasteiger partial charge in [-0.2, -0.15) is 5.26 Å². The van der Waals surface area contributed by atoms with E-state index in [2.05, 4.69) is 16.5 Å². The van der Waals surface area contributed by atoms with Crippen molar-refractivity contribution in [2.24, 2.45) is 0 Å². The van der Waals surface area contributed by atoms with Crippen LogP contribution in [0.5, 0.6) is 0 Å². The summed E-state index contributed by atoms with van der Waals surface area (Å²) in [6.07, 6.45) is 0.712. The smallest absolute Gasteiger partial charge is 0.240 e. The molecule has 6 nitrogen and oxygen atoms in total. The number of ether oxygens (including phenoxy) is 1. The number of nitrogens with one attached hydrogen (secondary N) is 1. The molecule has 0 radical (unpaired) electrons. The van der Waals surface area contributed by atoms with Crippen LogP contribution in [0.3, 0.4) is 0 Å². The molecule has 1 heterocycles. The number of hydrogen-bond donors (Lipinski definition) is 1. The number of hydrogen-bond acceptors (Lipinski definition) is 5. The summed E-state index contributed by atoms with van der Waals surface area (Å²) in [5.74, 6) is 0. The van der Waals surface area contributed by atoms with Crippen LogP contribution in [0.1, 0.15) is 18.9 Å². The predicted molar refractivity (Wildman–Crippen MR) is 82.8 cm³/mol. The molecule has 0 spiro atoms. The van der Waals surface area contributed by atoms with Crippen LogP contribution in [0, 0.1) is 11.3 Å². The molecule has 1 N–H and O–H groups in total. The zero-order valence-corrected chi connectivity index (χ0v) is 13.5. The number of likely N-dealkylation sites (N-methyl/N-ethyl adjacent to an activating group) is 1. The second-order valence-electron chi connectivity index (χ2n) is 5.21.